The van der Waals surface area contributed by atoms with E-state index in [1.54, 1.807) is 37.0 Å². The molecule has 0 saturated carbocycles. The van der Waals surface area contributed by atoms with Gasteiger partial charge < -0.3 is 9.90 Å². The van der Waals surface area contributed by atoms with Crippen LogP contribution in [0.2, 0.25) is 5.02 Å². The van der Waals surface area contributed by atoms with Gasteiger partial charge in [-0.1, -0.05) is 30.7 Å². The Kier molecular flexibility index (Phi) is 8.97. The number of carbonyl (C=O) groups is 2. The van der Waals surface area contributed by atoms with Crippen LogP contribution in [0.5, 0.6) is 0 Å². The number of thiazole rings is 1. The second-order valence-corrected chi connectivity index (χ2v) is 12.4. The van der Waals surface area contributed by atoms with E-state index in [2.05, 4.69) is 55.3 Å². The minimum absolute atomic E-state index is 0.126. The van der Waals surface area contributed by atoms with Gasteiger partial charge in [-0.2, -0.15) is 5.10 Å². The number of hydrogen-bond acceptors (Lipinski definition) is 6. The zero-order chi connectivity index (χ0) is 30.1. The number of carbonyl (C=O) groups excluding carboxylic acids is 2. The summed E-state index contributed by atoms with van der Waals surface area (Å²) in [5, 5.41) is 15.8. The van der Waals surface area contributed by atoms with Gasteiger partial charge in [0.1, 0.15) is 11.8 Å². The largest absolute Gasteiger partial charge is 0.391 e. The van der Waals surface area contributed by atoms with Crippen LogP contribution in [0.25, 0.3) is 42.8 Å². The van der Waals surface area contributed by atoms with Gasteiger partial charge in [0.05, 0.1) is 21.3 Å². The lowest BCUT2D eigenvalue weighted by atomic mass is 9.94. The molecule has 0 unspecified atom stereocenters. The summed E-state index contributed by atoms with van der Waals surface area (Å²) in [5.41, 5.74) is 7.53. The molecule has 9 heteroatoms. The number of halogens is 1. The molecule has 1 fully saturated rings. The molecule has 1 aliphatic rings. The standard InChI is InChI=1S/C27H23ClN4OS.C4H10O.CH2O/c1-4-19-15(2)13-21-25(24(19)16-5-8-18(28)9-6-16)34-27(29-21)17-7-10-22-20(14-17)26(30-31(22)3)32-12-11-23(32)33;1-4(2,3)5;1-2/h5-10,13-14H,4,11-12H2,1-3H3;5H,1-3H3;1H2. The predicted molar refractivity (Wildman–Crippen MR) is 170 cm³/mol. The second kappa shape index (κ2) is 12.1. The first-order valence-corrected chi connectivity index (χ1v) is 14.6. The molecule has 1 saturated heterocycles. The SMILES string of the molecule is C=O.CC(C)(C)O.CCc1c(C)cc2nc(-c3ccc4c(c3)c(N3CCC3=O)nn4C)sc2c1-c1ccc(Cl)cc1. The lowest BCUT2D eigenvalue weighted by molar-refractivity contribution is -0.122. The highest BCUT2D eigenvalue weighted by atomic mass is 35.5. The Labute approximate surface area is 249 Å². The number of fused-ring (bicyclic) bond motifs is 2. The highest BCUT2D eigenvalue weighted by Crippen LogP contribution is 2.42. The zero-order valence-electron chi connectivity index (χ0n) is 24.3. The Balaban J connectivity index is 0.000000502. The number of anilines is 1. The molecule has 2 aromatic heterocycles. The van der Waals surface area contributed by atoms with E-state index in [1.165, 1.54) is 21.4 Å². The van der Waals surface area contributed by atoms with Gasteiger partial charge in [0.25, 0.3) is 0 Å². The van der Waals surface area contributed by atoms with Gasteiger partial charge >= 0.3 is 0 Å². The number of aromatic nitrogens is 3. The van der Waals surface area contributed by atoms with Gasteiger partial charge in [0.2, 0.25) is 5.91 Å². The number of rotatable bonds is 4. The number of aryl methyl sites for hydroxylation is 2. The second-order valence-electron chi connectivity index (χ2n) is 10.9. The molecular weight excluding hydrogens is 556 g/mol. The number of benzene rings is 3. The fourth-order valence-corrected chi connectivity index (χ4v) is 6.12. The summed E-state index contributed by atoms with van der Waals surface area (Å²) in [4.78, 5) is 26.9. The monoisotopic (exact) mass is 590 g/mol. The predicted octanol–water partition coefficient (Wildman–Crippen LogP) is 7.37. The first-order valence-electron chi connectivity index (χ1n) is 13.4. The van der Waals surface area contributed by atoms with Crippen LogP contribution in [0, 0.1) is 6.92 Å². The van der Waals surface area contributed by atoms with Crippen molar-refractivity contribution in [3.8, 4) is 21.7 Å². The van der Waals surface area contributed by atoms with E-state index in [0.717, 1.165) is 56.4 Å². The molecule has 0 bridgehead atoms. The molecule has 3 heterocycles. The van der Waals surface area contributed by atoms with Crippen LogP contribution in [0.1, 0.15) is 45.2 Å². The number of aliphatic hydroxyl groups is 1. The van der Waals surface area contributed by atoms with E-state index in [1.807, 2.05) is 30.7 Å². The van der Waals surface area contributed by atoms with Crippen molar-refractivity contribution in [1.82, 2.24) is 14.8 Å². The summed E-state index contributed by atoms with van der Waals surface area (Å²) in [7, 11) is 1.92. The van der Waals surface area contributed by atoms with Gasteiger partial charge in [-0.25, -0.2) is 4.98 Å². The van der Waals surface area contributed by atoms with Crippen molar-refractivity contribution in [3.63, 3.8) is 0 Å². The minimum Gasteiger partial charge on any atom is -0.391 e. The molecule has 3 aromatic carbocycles. The van der Waals surface area contributed by atoms with Crippen LogP contribution < -0.4 is 4.90 Å². The maximum Gasteiger partial charge on any atom is 0.230 e. The average molecular weight is 591 g/mol. The van der Waals surface area contributed by atoms with Crippen molar-refractivity contribution in [2.24, 2.45) is 7.05 Å². The third-order valence-corrected chi connectivity index (χ3v) is 8.07. The van der Waals surface area contributed by atoms with Crippen LogP contribution in [-0.4, -0.2) is 44.7 Å². The van der Waals surface area contributed by atoms with Crippen LogP contribution in [0.3, 0.4) is 0 Å². The molecule has 1 N–H and O–H groups in total. The third kappa shape index (κ3) is 6.35. The van der Waals surface area contributed by atoms with E-state index >= 15 is 0 Å². The molecule has 0 aliphatic carbocycles. The molecule has 5 aromatic rings. The number of β-lactam (4-membered cyclic amide) rings is 1. The molecule has 214 valence electrons. The number of nitrogens with zero attached hydrogens (tertiary/aromatic N) is 4. The van der Waals surface area contributed by atoms with E-state index in [0.29, 0.717) is 6.42 Å². The molecule has 1 aliphatic heterocycles. The fourth-order valence-electron chi connectivity index (χ4n) is 4.85. The Morgan fingerprint density at radius 2 is 1.71 bits per heavy atom. The summed E-state index contributed by atoms with van der Waals surface area (Å²) in [6.45, 7) is 12.3. The summed E-state index contributed by atoms with van der Waals surface area (Å²) in [6, 6.07) is 16.6. The quantitative estimate of drug-likeness (QED) is 0.221. The lowest BCUT2D eigenvalue weighted by Crippen LogP contribution is -2.43. The van der Waals surface area contributed by atoms with E-state index in [-0.39, 0.29) is 5.91 Å². The maximum absolute atomic E-state index is 12.1. The lowest BCUT2D eigenvalue weighted by Gasteiger charge is -2.28. The van der Waals surface area contributed by atoms with Crippen molar-refractivity contribution in [3.05, 3.63) is 64.7 Å². The van der Waals surface area contributed by atoms with Gasteiger partial charge in [0.15, 0.2) is 5.82 Å². The Morgan fingerprint density at radius 3 is 2.27 bits per heavy atom. The highest BCUT2D eigenvalue weighted by molar-refractivity contribution is 7.22. The van der Waals surface area contributed by atoms with E-state index < -0.39 is 5.60 Å². The van der Waals surface area contributed by atoms with E-state index in [9.17, 15) is 4.79 Å². The van der Waals surface area contributed by atoms with Gasteiger partial charge in [-0.3, -0.25) is 14.4 Å². The summed E-state index contributed by atoms with van der Waals surface area (Å²) in [5.74, 6) is 0.864. The first-order chi connectivity index (χ1) is 19.4. The Bertz CT molecular complexity index is 1710. The minimum atomic E-state index is -0.500. The average Bonchev–Trinajstić information content (AvgIpc) is 3.48. The number of hydrogen-bond donors (Lipinski definition) is 1. The van der Waals surface area contributed by atoms with Crippen molar-refractivity contribution < 1.29 is 14.7 Å². The van der Waals surface area contributed by atoms with Gasteiger partial charge in [-0.15, -0.1) is 11.3 Å². The van der Waals surface area contributed by atoms with Gasteiger partial charge in [0, 0.05) is 41.5 Å². The Morgan fingerprint density at radius 1 is 1.07 bits per heavy atom. The van der Waals surface area contributed by atoms with Crippen LogP contribution in [-0.2, 0) is 23.1 Å². The normalized spacial score (nSPS) is 13.0. The summed E-state index contributed by atoms with van der Waals surface area (Å²) < 4.78 is 3.03. The first kappa shape index (κ1) is 30.4. The smallest absolute Gasteiger partial charge is 0.230 e. The number of amides is 1. The fraction of sp³-hybridized carbons (Fsp3) is 0.312. The van der Waals surface area contributed by atoms with Crippen LogP contribution in [0.4, 0.5) is 5.82 Å². The highest BCUT2D eigenvalue weighted by Gasteiger charge is 2.29. The van der Waals surface area contributed by atoms with Gasteiger partial charge in [-0.05, 0) is 87.2 Å². The summed E-state index contributed by atoms with van der Waals surface area (Å²) in [6.07, 6.45) is 1.53. The summed E-state index contributed by atoms with van der Waals surface area (Å²) >= 11 is 7.89. The molecule has 1 amide bonds. The molecule has 0 spiro atoms. The Hall–Kier alpha value is -3.59. The van der Waals surface area contributed by atoms with Crippen molar-refractivity contribution in [2.75, 3.05) is 11.4 Å². The molecule has 6 rings (SSSR count). The van der Waals surface area contributed by atoms with Crippen LogP contribution in [0.15, 0.2) is 48.5 Å². The topological polar surface area (TPSA) is 88.3 Å². The molecule has 0 atom stereocenters. The van der Waals surface area contributed by atoms with Crippen molar-refractivity contribution in [1.29, 1.82) is 0 Å². The molecule has 41 heavy (non-hydrogen) atoms. The van der Waals surface area contributed by atoms with Crippen LogP contribution >= 0.6 is 22.9 Å². The van der Waals surface area contributed by atoms with Crippen molar-refractivity contribution >= 4 is 62.6 Å². The molecular formula is C32H35ClN4O3S. The zero-order valence-corrected chi connectivity index (χ0v) is 25.9. The molecule has 0 radical (unpaired) electrons. The van der Waals surface area contributed by atoms with E-state index in [4.69, 9.17) is 26.5 Å². The van der Waals surface area contributed by atoms with Crippen molar-refractivity contribution in [2.45, 2.75) is 53.1 Å². The maximum atomic E-state index is 12.1. The molecule has 7 nitrogen and oxygen atoms in total. The third-order valence-electron chi connectivity index (χ3n) is 6.68.